The number of amides is 1. The van der Waals surface area contributed by atoms with Crippen molar-refractivity contribution >= 4 is 12.1 Å². The molecule has 0 spiro atoms. The molecule has 126 valence electrons. The highest BCUT2D eigenvalue weighted by Gasteiger charge is 2.42. The fourth-order valence-electron chi connectivity index (χ4n) is 2.27. The summed E-state index contributed by atoms with van der Waals surface area (Å²) in [4.78, 5) is 25.0. The molecule has 6 nitrogen and oxygen atoms in total. The summed E-state index contributed by atoms with van der Waals surface area (Å²) >= 11 is 0. The number of carbonyl (C=O) groups is 2. The van der Waals surface area contributed by atoms with Crippen LogP contribution in [-0.4, -0.2) is 59.6 Å². The Morgan fingerprint density at radius 2 is 2.09 bits per heavy atom. The smallest absolute Gasteiger partial charge is 0.410 e. The maximum atomic E-state index is 13.2. The van der Waals surface area contributed by atoms with Crippen molar-refractivity contribution in [3.8, 4) is 0 Å². The van der Waals surface area contributed by atoms with Gasteiger partial charge in [-0.15, -0.1) is 0 Å². The molecule has 1 aliphatic rings. The molecule has 0 saturated carbocycles. The Hall–Kier alpha value is -1.63. The molecule has 0 bridgehead atoms. The number of hydrogen-bond donors (Lipinski definition) is 1. The van der Waals surface area contributed by atoms with Gasteiger partial charge in [0.05, 0.1) is 24.6 Å². The number of β-amino-alcohol motifs (C(OH)–C–C–N with tert-alkyl or cyclic N) is 1. The summed E-state index contributed by atoms with van der Waals surface area (Å²) in [5.74, 6) is -1.44. The van der Waals surface area contributed by atoms with Gasteiger partial charge in [0.1, 0.15) is 18.9 Å². The Labute approximate surface area is 129 Å². The summed E-state index contributed by atoms with van der Waals surface area (Å²) in [7, 11) is 0. The zero-order valence-electron chi connectivity index (χ0n) is 13.3. The fourth-order valence-corrected chi connectivity index (χ4v) is 2.27. The SMILES string of the molecule is C=CCOC(=O)N1CC(O)C(C(=O)OC(C)(C)C)C[C@H]1CF. The molecule has 0 aromatic heterocycles. The second kappa shape index (κ2) is 7.58. The van der Waals surface area contributed by atoms with E-state index in [-0.39, 0.29) is 19.6 Å². The predicted octanol–water partition coefficient (Wildman–Crippen LogP) is 1.67. The Morgan fingerprint density at radius 3 is 2.59 bits per heavy atom. The molecule has 1 rings (SSSR count). The van der Waals surface area contributed by atoms with E-state index in [0.717, 1.165) is 4.90 Å². The van der Waals surface area contributed by atoms with Crippen LogP contribution in [0.5, 0.6) is 0 Å². The van der Waals surface area contributed by atoms with Crippen molar-refractivity contribution in [1.82, 2.24) is 4.90 Å². The average Bonchev–Trinajstić information content (AvgIpc) is 2.42. The van der Waals surface area contributed by atoms with Crippen LogP contribution in [0.2, 0.25) is 0 Å². The van der Waals surface area contributed by atoms with Gasteiger partial charge in [-0.05, 0) is 27.2 Å². The third kappa shape index (κ3) is 4.98. The normalized spacial score (nSPS) is 25.5. The number of esters is 1. The van der Waals surface area contributed by atoms with Crippen LogP contribution in [-0.2, 0) is 14.3 Å². The number of carbonyl (C=O) groups excluding carboxylic acids is 2. The Morgan fingerprint density at radius 1 is 1.45 bits per heavy atom. The van der Waals surface area contributed by atoms with Gasteiger partial charge in [0.2, 0.25) is 0 Å². The lowest BCUT2D eigenvalue weighted by Gasteiger charge is -2.40. The van der Waals surface area contributed by atoms with Crippen LogP contribution in [0.4, 0.5) is 9.18 Å². The minimum atomic E-state index is -1.12. The quantitative estimate of drug-likeness (QED) is 0.630. The fraction of sp³-hybridized carbons (Fsp3) is 0.733. The third-order valence-corrected chi connectivity index (χ3v) is 3.26. The number of aliphatic hydroxyl groups excluding tert-OH is 1. The predicted molar refractivity (Wildman–Crippen MR) is 78.0 cm³/mol. The molecular formula is C15H24FNO5. The first-order chi connectivity index (χ1) is 10.2. The summed E-state index contributed by atoms with van der Waals surface area (Å²) in [5.41, 5.74) is -0.692. The molecule has 7 heteroatoms. The summed E-state index contributed by atoms with van der Waals surface area (Å²) in [5, 5.41) is 10.1. The van der Waals surface area contributed by atoms with Crippen LogP contribution < -0.4 is 0 Å². The van der Waals surface area contributed by atoms with E-state index in [0.29, 0.717) is 0 Å². The largest absolute Gasteiger partial charge is 0.460 e. The zero-order chi connectivity index (χ0) is 16.9. The van der Waals surface area contributed by atoms with Crippen molar-refractivity contribution in [2.24, 2.45) is 5.92 Å². The standard InChI is InChI=1S/C15H24FNO5/c1-5-6-21-14(20)17-9-12(18)11(7-10(17)8-16)13(19)22-15(2,3)4/h5,10-12,18H,1,6-9H2,2-4H3/t10-,11?,12?/m0/s1. The monoisotopic (exact) mass is 317 g/mol. The minimum absolute atomic E-state index is 0.0000708. The van der Waals surface area contributed by atoms with E-state index in [2.05, 4.69) is 6.58 Å². The van der Waals surface area contributed by atoms with Crippen LogP contribution in [0.1, 0.15) is 27.2 Å². The number of hydrogen-bond acceptors (Lipinski definition) is 5. The van der Waals surface area contributed by atoms with Crippen molar-refractivity contribution in [2.45, 2.75) is 44.9 Å². The number of alkyl halides is 1. The lowest BCUT2D eigenvalue weighted by Crippen LogP contribution is -2.55. The molecule has 0 aromatic carbocycles. The number of rotatable bonds is 4. The Kier molecular flexibility index (Phi) is 6.34. The van der Waals surface area contributed by atoms with Gasteiger partial charge in [-0.2, -0.15) is 0 Å². The van der Waals surface area contributed by atoms with Crippen molar-refractivity contribution in [1.29, 1.82) is 0 Å². The van der Waals surface area contributed by atoms with Gasteiger partial charge in [-0.1, -0.05) is 12.7 Å². The first kappa shape index (κ1) is 18.4. The first-order valence-corrected chi connectivity index (χ1v) is 7.20. The third-order valence-electron chi connectivity index (χ3n) is 3.26. The summed E-state index contributed by atoms with van der Waals surface area (Å²) in [6.45, 7) is 7.57. The molecule has 0 radical (unpaired) electrons. The van der Waals surface area contributed by atoms with E-state index >= 15 is 0 Å². The summed E-state index contributed by atoms with van der Waals surface area (Å²) < 4.78 is 23.3. The van der Waals surface area contributed by atoms with Crippen molar-refractivity contribution in [2.75, 3.05) is 19.8 Å². The molecule has 0 aromatic rings. The van der Waals surface area contributed by atoms with Crippen LogP contribution in [0, 0.1) is 5.92 Å². The van der Waals surface area contributed by atoms with E-state index in [1.54, 1.807) is 20.8 Å². The number of halogens is 1. The van der Waals surface area contributed by atoms with Crippen LogP contribution in [0.15, 0.2) is 12.7 Å². The van der Waals surface area contributed by atoms with E-state index in [9.17, 15) is 19.1 Å². The second-order valence-electron chi connectivity index (χ2n) is 6.27. The van der Waals surface area contributed by atoms with Crippen LogP contribution in [0.3, 0.4) is 0 Å². The van der Waals surface area contributed by atoms with Gasteiger partial charge < -0.3 is 14.6 Å². The van der Waals surface area contributed by atoms with Crippen molar-refractivity contribution < 1.29 is 28.6 Å². The van der Waals surface area contributed by atoms with Crippen LogP contribution >= 0.6 is 0 Å². The molecule has 1 aliphatic heterocycles. The molecular weight excluding hydrogens is 293 g/mol. The van der Waals surface area contributed by atoms with Crippen molar-refractivity contribution in [3.63, 3.8) is 0 Å². The summed E-state index contributed by atoms with van der Waals surface area (Å²) in [6.07, 6.45) is -0.458. The number of ether oxygens (including phenoxy) is 2. The molecule has 22 heavy (non-hydrogen) atoms. The molecule has 1 heterocycles. The Balaban J connectivity index is 2.76. The van der Waals surface area contributed by atoms with Crippen molar-refractivity contribution in [3.05, 3.63) is 12.7 Å². The molecule has 1 fully saturated rings. The van der Waals surface area contributed by atoms with Crippen LogP contribution in [0.25, 0.3) is 0 Å². The molecule has 1 N–H and O–H groups in total. The topological polar surface area (TPSA) is 76.1 Å². The zero-order valence-corrected chi connectivity index (χ0v) is 13.3. The molecule has 0 aliphatic carbocycles. The molecule has 1 amide bonds. The minimum Gasteiger partial charge on any atom is -0.460 e. The highest BCUT2D eigenvalue weighted by atomic mass is 19.1. The molecule has 3 atom stereocenters. The second-order valence-corrected chi connectivity index (χ2v) is 6.27. The number of nitrogens with zero attached hydrogens (tertiary/aromatic N) is 1. The highest BCUT2D eigenvalue weighted by molar-refractivity contribution is 5.75. The highest BCUT2D eigenvalue weighted by Crippen LogP contribution is 2.27. The Bertz CT molecular complexity index is 421. The van der Waals surface area contributed by atoms with Gasteiger partial charge in [0.25, 0.3) is 0 Å². The van der Waals surface area contributed by atoms with E-state index in [4.69, 9.17) is 9.47 Å². The summed E-state index contributed by atoms with van der Waals surface area (Å²) in [6, 6.07) is -0.821. The van der Waals surface area contributed by atoms with Gasteiger partial charge in [0.15, 0.2) is 0 Å². The number of piperidine rings is 1. The maximum Gasteiger partial charge on any atom is 0.410 e. The lowest BCUT2D eigenvalue weighted by molar-refractivity contribution is -0.168. The van der Waals surface area contributed by atoms with Gasteiger partial charge in [-0.25, -0.2) is 9.18 Å². The lowest BCUT2D eigenvalue weighted by atomic mass is 9.89. The molecule has 1 saturated heterocycles. The maximum absolute atomic E-state index is 13.2. The van der Waals surface area contributed by atoms with Gasteiger partial charge >= 0.3 is 12.1 Å². The number of likely N-dealkylation sites (tertiary alicyclic amines) is 1. The van der Waals surface area contributed by atoms with E-state index in [1.807, 2.05) is 0 Å². The van der Waals surface area contributed by atoms with E-state index in [1.165, 1.54) is 6.08 Å². The van der Waals surface area contributed by atoms with Gasteiger partial charge in [0, 0.05) is 0 Å². The first-order valence-electron chi connectivity index (χ1n) is 7.20. The average molecular weight is 317 g/mol. The molecule has 2 unspecified atom stereocenters. The van der Waals surface area contributed by atoms with Gasteiger partial charge in [-0.3, -0.25) is 9.69 Å². The number of aliphatic hydroxyl groups is 1. The van der Waals surface area contributed by atoms with E-state index < -0.39 is 42.4 Å².